The topological polar surface area (TPSA) is 23.8 Å². The van der Waals surface area contributed by atoms with E-state index in [0.29, 0.717) is 5.02 Å². The summed E-state index contributed by atoms with van der Waals surface area (Å²) in [5.74, 6) is 0. The molecule has 1 rings (SSSR count). The normalized spacial score (nSPS) is 10.9. The molecule has 1 nitrogen and oxygen atoms in total. The molecule has 1 aromatic carbocycles. The molecule has 0 radical (unpaired) electrons. The van der Waals surface area contributed by atoms with Crippen molar-refractivity contribution in [3.63, 3.8) is 0 Å². The van der Waals surface area contributed by atoms with E-state index in [2.05, 4.69) is 15.9 Å². The summed E-state index contributed by atoms with van der Waals surface area (Å²) in [5, 5.41) is 9.06. The van der Waals surface area contributed by atoms with Crippen LogP contribution in [0.15, 0.2) is 30.3 Å². The van der Waals surface area contributed by atoms with Gasteiger partial charge in [-0.2, -0.15) is 5.26 Å². The summed E-state index contributed by atoms with van der Waals surface area (Å²) in [7, 11) is 0. The predicted octanol–water partition coefficient (Wildman–Crippen LogP) is 3.60. The second-order valence-electron chi connectivity index (χ2n) is 2.13. The van der Waals surface area contributed by atoms with Crippen LogP contribution >= 0.6 is 27.5 Å². The highest BCUT2D eigenvalue weighted by molar-refractivity contribution is 9.15. The molecule has 0 bridgehead atoms. The van der Waals surface area contributed by atoms with Gasteiger partial charge in [0.25, 0.3) is 0 Å². The molecule has 0 spiro atoms. The zero-order chi connectivity index (χ0) is 8.97. The maximum atomic E-state index is 8.37. The van der Waals surface area contributed by atoms with Crippen LogP contribution in [0.3, 0.4) is 0 Å². The van der Waals surface area contributed by atoms with Crippen molar-refractivity contribution in [1.29, 1.82) is 5.26 Å². The van der Waals surface area contributed by atoms with E-state index in [4.69, 9.17) is 16.9 Å². The minimum atomic E-state index is 0.691. The van der Waals surface area contributed by atoms with E-state index in [1.165, 1.54) is 6.08 Å². The van der Waals surface area contributed by atoms with Gasteiger partial charge in [-0.15, -0.1) is 0 Å². The Hall–Kier alpha value is -0.780. The molecule has 1 aromatic rings. The lowest BCUT2D eigenvalue weighted by atomic mass is 10.2. The molecule has 0 N–H and O–H groups in total. The highest BCUT2D eigenvalue weighted by atomic mass is 79.9. The standard InChI is InChI=1S/C9H5BrClN/c10-9(5-6-12)7-1-3-8(11)4-2-7/h1-5H. The van der Waals surface area contributed by atoms with E-state index in [9.17, 15) is 0 Å². The summed E-state index contributed by atoms with van der Waals surface area (Å²) in [6.07, 6.45) is 1.43. The zero-order valence-corrected chi connectivity index (χ0v) is 8.43. The van der Waals surface area contributed by atoms with Gasteiger partial charge < -0.3 is 0 Å². The van der Waals surface area contributed by atoms with Gasteiger partial charge in [0.15, 0.2) is 0 Å². The van der Waals surface area contributed by atoms with Crippen LogP contribution in [0.5, 0.6) is 0 Å². The highest BCUT2D eigenvalue weighted by Gasteiger charge is 1.95. The molecular weight excluding hydrogens is 237 g/mol. The molecule has 0 saturated heterocycles. The van der Waals surface area contributed by atoms with Gasteiger partial charge in [0.05, 0.1) is 6.07 Å². The third-order valence-corrected chi connectivity index (χ3v) is 2.25. The number of allylic oxidation sites excluding steroid dienone is 1. The molecule has 0 aliphatic heterocycles. The molecule has 0 saturated carbocycles. The van der Waals surface area contributed by atoms with Crippen LogP contribution in [0.1, 0.15) is 5.56 Å². The molecule has 60 valence electrons. The largest absolute Gasteiger partial charge is 0.193 e. The van der Waals surface area contributed by atoms with Gasteiger partial charge in [0.1, 0.15) is 0 Å². The van der Waals surface area contributed by atoms with Gasteiger partial charge in [-0.3, -0.25) is 0 Å². The molecule has 0 heterocycles. The Labute approximate surface area is 84.4 Å². The number of benzene rings is 1. The van der Waals surface area contributed by atoms with E-state index in [1.54, 1.807) is 12.1 Å². The lowest BCUT2D eigenvalue weighted by Crippen LogP contribution is -1.74. The molecule has 0 fully saturated rings. The van der Waals surface area contributed by atoms with Crippen LogP contribution in [0.4, 0.5) is 0 Å². The molecule has 0 aromatic heterocycles. The van der Waals surface area contributed by atoms with E-state index < -0.39 is 0 Å². The van der Waals surface area contributed by atoms with Gasteiger partial charge in [0.2, 0.25) is 0 Å². The Kier molecular flexibility index (Phi) is 3.33. The second kappa shape index (κ2) is 4.30. The summed E-state index contributed by atoms with van der Waals surface area (Å²) in [4.78, 5) is 0. The molecule has 0 aliphatic carbocycles. The summed E-state index contributed by atoms with van der Waals surface area (Å²) >= 11 is 8.96. The van der Waals surface area contributed by atoms with Gasteiger partial charge in [-0.25, -0.2) is 0 Å². The number of hydrogen-bond donors (Lipinski definition) is 0. The molecule has 0 amide bonds. The third kappa shape index (κ3) is 2.37. The average molecular weight is 243 g/mol. The lowest BCUT2D eigenvalue weighted by Gasteiger charge is -1.96. The molecule has 0 atom stereocenters. The maximum absolute atomic E-state index is 8.37. The van der Waals surface area contributed by atoms with Gasteiger partial charge >= 0.3 is 0 Å². The number of halogens is 2. The SMILES string of the molecule is N#CC=C(Br)c1ccc(Cl)cc1. The Morgan fingerprint density at radius 1 is 1.42 bits per heavy atom. The van der Waals surface area contributed by atoms with Crippen molar-refractivity contribution in [2.24, 2.45) is 0 Å². The summed E-state index contributed by atoms with van der Waals surface area (Å²) in [6.45, 7) is 0. The van der Waals surface area contributed by atoms with E-state index in [-0.39, 0.29) is 0 Å². The number of nitriles is 1. The molecule has 0 aliphatic rings. The minimum Gasteiger partial charge on any atom is -0.193 e. The van der Waals surface area contributed by atoms with Crippen LogP contribution in [0.25, 0.3) is 4.48 Å². The van der Waals surface area contributed by atoms with Gasteiger partial charge in [-0.1, -0.05) is 23.7 Å². The van der Waals surface area contributed by atoms with Crippen LogP contribution in [0, 0.1) is 11.3 Å². The first kappa shape index (κ1) is 9.31. The Bertz CT molecular complexity index is 335. The van der Waals surface area contributed by atoms with Crippen molar-refractivity contribution in [2.75, 3.05) is 0 Å². The fraction of sp³-hybridized carbons (Fsp3) is 0. The molecule has 0 unspecified atom stereocenters. The Morgan fingerprint density at radius 3 is 2.50 bits per heavy atom. The minimum absolute atomic E-state index is 0.691. The van der Waals surface area contributed by atoms with Gasteiger partial charge in [0, 0.05) is 15.6 Å². The molecular formula is C9H5BrClN. The van der Waals surface area contributed by atoms with Crippen LogP contribution < -0.4 is 0 Å². The maximum Gasteiger partial charge on any atom is 0.0924 e. The highest BCUT2D eigenvalue weighted by Crippen LogP contribution is 2.21. The zero-order valence-electron chi connectivity index (χ0n) is 6.09. The average Bonchev–Trinajstić information content (AvgIpc) is 2.06. The van der Waals surface area contributed by atoms with Gasteiger partial charge in [-0.05, 0) is 33.6 Å². The van der Waals surface area contributed by atoms with Crippen molar-refractivity contribution in [1.82, 2.24) is 0 Å². The van der Waals surface area contributed by atoms with Crippen molar-refractivity contribution in [3.8, 4) is 6.07 Å². The lowest BCUT2D eigenvalue weighted by molar-refractivity contribution is 1.53. The van der Waals surface area contributed by atoms with E-state index >= 15 is 0 Å². The van der Waals surface area contributed by atoms with Crippen molar-refractivity contribution in [2.45, 2.75) is 0 Å². The predicted molar refractivity (Wildman–Crippen MR) is 54.0 cm³/mol. The molecule has 3 heteroatoms. The first-order chi connectivity index (χ1) is 5.74. The number of rotatable bonds is 1. The summed E-state index contributed by atoms with van der Waals surface area (Å²) < 4.78 is 0.765. The van der Waals surface area contributed by atoms with Crippen molar-refractivity contribution >= 4 is 32.0 Å². The second-order valence-corrected chi connectivity index (χ2v) is 3.42. The Balaban J connectivity index is 2.99. The first-order valence-corrected chi connectivity index (χ1v) is 4.42. The monoisotopic (exact) mass is 241 g/mol. The molecule has 12 heavy (non-hydrogen) atoms. The van der Waals surface area contributed by atoms with E-state index in [0.717, 1.165) is 10.0 Å². The Morgan fingerprint density at radius 2 is 2.00 bits per heavy atom. The summed E-state index contributed by atoms with van der Waals surface area (Å²) in [6, 6.07) is 9.20. The van der Waals surface area contributed by atoms with E-state index in [1.807, 2.05) is 18.2 Å². The third-order valence-electron chi connectivity index (χ3n) is 1.31. The summed E-state index contributed by atoms with van der Waals surface area (Å²) in [5.41, 5.74) is 0.945. The van der Waals surface area contributed by atoms with Crippen molar-refractivity contribution < 1.29 is 0 Å². The fourth-order valence-electron chi connectivity index (χ4n) is 0.749. The quantitative estimate of drug-likeness (QED) is 0.690. The first-order valence-electron chi connectivity index (χ1n) is 3.25. The van der Waals surface area contributed by atoms with Crippen molar-refractivity contribution in [3.05, 3.63) is 40.9 Å². The van der Waals surface area contributed by atoms with Crippen LogP contribution in [-0.4, -0.2) is 0 Å². The van der Waals surface area contributed by atoms with Crippen LogP contribution in [0.2, 0.25) is 5.02 Å². The van der Waals surface area contributed by atoms with Crippen LogP contribution in [-0.2, 0) is 0 Å². The number of nitrogens with zero attached hydrogens (tertiary/aromatic N) is 1. The fourth-order valence-corrected chi connectivity index (χ4v) is 1.24. The smallest absolute Gasteiger partial charge is 0.0924 e. The number of hydrogen-bond acceptors (Lipinski definition) is 1.